The van der Waals surface area contributed by atoms with E-state index in [1.807, 2.05) is 0 Å². The second-order valence-corrected chi connectivity index (χ2v) is 2.83. The van der Waals surface area contributed by atoms with Crippen molar-refractivity contribution in [1.82, 2.24) is 21.3 Å². The van der Waals surface area contributed by atoms with Crippen LogP contribution < -0.4 is 21.3 Å². The summed E-state index contributed by atoms with van der Waals surface area (Å²) in [5.74, 6) is 0.0139. The zero-order valence-corrected chi connectivity index (χ0v) is 12.7. The van der Waals surface area contributed by atoms with Gasteiger partial charge in [-0.1, -0.05) is 0 Å². The number of nitrogens with one attached hydrogen (secondary N) is 4. The molecule has 0 aliphatic carbocycles. The van der Waals surface area contributed by atoms with E-state index in [9.17, 15) is 14.4 Å². The molecule has 0 aromatic rings. The number of hydrogen-bond donors (Lipinski definition) is 4. The SMILES string of the molecule is CNC(C)=O.CNC(C)=O.CNC(C)=O.CNC=O. The third kappa shape index (κ3) is 128. The first-order valence-electron chi connectivity index (χ1n) is 5.39. The minimum atomic E-state index is 0.00463. The topological polar surface area (TPSA) is 116 Å². The van der Waals surface area contributed by atoms with Gasteiger partial charge in [0.15, 0.2) is 0 Å². The van der Waals surface area contributed by atoms with E-state index < -0.39 is 0 Å². The number of carbonyl (C=O) groups is 4. The van der Waals surface area contributed by atoms with Crippen molar-refractivity contribution in [2.75, 3.05) is 28.2 Å². The van der Waals surface area contributed by atoms with E-state index in [2.05, 4.69) is 21.3 Å². The lowest BCUT2D eigenvalue weighted by Crippen LogP contribution is -2.11. The normalized spacial score (nSPS) is 6.47. The van der Waals surface area contributed by atoms with Gasteiger partial charge in [0.2, 0.25) is 24.1 Å². The molecule has 19 heavy (non-hydrogen) atoms. The van der Waals surface area contributed by atoms with Crippen LogP contribution in [-0.2, 0) is 19.2 Å². The number of rotatable bonds is 1. The molecule has 0 rings (SSSR count). The van der Waals surface area contributed by atoms with E-state index in [0.29, 0.717) is 6.41 Å². The van der Waals surface area contributed by atoms with Gasteiger partial charge in [-0.25, -0.2) is 0 Å². The molecule has 0 unspecified atom stereocenters. The van der Waals surface area contributed by atoms with E-state index in [-0.39, 0.29) is 17.7 Å². The lowest BCUT2D eigenvalue weighted by Gasteiger charge is -1.80. The highest BCUT2D eigenvalue weighted by atomic mass is 16.2. The fourth-order valence-electron chi connectivity index (χ4n) is 0. The Morgan fingerprint density at radius 1 is 0.684 bits per heavy atom. The summed E-state index contributed by atoms with van der Waals surface area (Å²) < 4.78 is 0. The predicted octanol–water partition coefficient (Wildman–Crippen LogP) is -1.38. The van der Waals surface area contributed by atoms with Gasteiger partial charge < -0.3 is 21.3 Å². The number of carbonyl (C=O) groups excluding carboxylic acids is 4. The summed E-state index contributed by atoms with van der Waals surface area (Å²) in [4.78, 5) is 38.2. The second-order valence-electron chi connectivity index (χ2n) is 2.83. The highest BCUT2D eigenvalue weighted by Crippen LogP contribution is 1.46. The predicted molar refractivity (Wildman–Crippen MR) is 74.3 cm³/mol. The fraction of sp³-hybridized carbons (Fsp3) is 0.636. The standard InChI is InChI=1S/3C3H7NO.C2H5NO/c3*1-3(5)4-2;1-3-2-4/h3*1-2H3,(H,4,5);2H,1H3,(H,3,4). The third-order valence-corrected chi connectivity index (χ3v) is 1.17. The maximum absolute atomic E-state index is 9.70. The van der Waals surface area contributed by atoms with Crippen LogP contribution in [-0.4, -0.2) is 52.3 Å². The molecule has 0 radical (unpaired) electrons. The van der Waals surface area contributed by atoms with Crippen LogP contribution in [0.15, 0.2) is 0 Å². The van der Waals surface area contributed by atoms with Crippen molar-refractivity contribution in [3.63, 3.8) is 0 Å². The van der Waals surface area contributed by atoms with Gasteiger partial charge in [-0.2, -0.15) is 0 Å². The Hall–Kier alpha value is -2.12. The van der Waals surface area contributed by atoms with E-state index in [4.69, 9.17) is 4.79 Å². The van der Waals surface area contributed by atoms with Crippen LogP contribution in [0.3, 0.4) is 0 Å². The number of hydrogen-bond acceptors (Lipinski definition) is 4. The molecule has 0 aromatic heterocycles. The largest absolute Gasteiger partial charge is 0.362 e. The van der Waals surface area contributed by atoms with Gasteiger partial charge in [-0.15, -0.1) is 0 Å². The van der Waals surface area contributed by atoms with Gasteiger partial charge in [0, 0.05) is 49.0 Å². The van der Waals surface area contributed by atoms with Crippen molar-refractivity contribution in [3.05, 3.63) is 0 Å². The first-order chi connectivity index (χ1) is 8.72. The molecule has 0 aliphatic rings. The Morgan fingerprint density at radius 2 is 0.789 bits per heavy atom. The first kappa shape index (κ1) is 25.7. The first-order valence-corrected chi connectivity index (χ1v) is 5.39. The fourth-order valence-corrected chi connectivity index (χ4v) is 0. The molecule has 0 aromatic carbocycles. The van der Waals surface area contributed by atoms with Gasteiger partial charge >= 0.3 is 0 Å². The minimum absolute atomic E-state index is 0.00463. The smallest absolute Gasteiger partial charge is 0.216 e. The molecule has 0 spiro atoms. The van der Waals surface area contributed by atoms with Crippen molar-refractivity contribution in [1.29, 1.82) is 0 Å². The summed E-state index contributed by atoms with van der Waals surface area (Å²) in [7, 11) is 6.36. The van der Waals surface area contributed by atoms with E-state index in [1.165, 1.54) is 20.8 Å². The lowest BCUT2D eigenvalue weighted by molar-refractivity contribution is -0.119. The molecule has 0 fully saturated rings. The van der Waals surface area contributed by atoms with Crippen molar-refractivity contribution >= 4 is 24.1 Å². The van der Waals surface area contributed by atoms with Crippen LogP contribution in [0, 0.1) is 0 Å². The van der Waals surface area contributed by atoms with Crippen LogP contribution in [0.4, 0.5) is 0 Å². The summed E-state index contributed by atoms with van der Waals surface area (Å²) in [6.45, 7) is 4.42. The van der Waals surface area contributed by atoms with E-state index in [0.717, 1.165) is 0 Å². The maximum Gasteiger partial charge on any atom is 0.216 e. The second kappa shape index (κ2) is 24.9. The Balaban J connectivity index is -0.0000000793. The van der Waals surface area contributed by atoms with Gasteiger partial charge in [-0.05, 0) is 0 Å². The molecule has 0 aliphatic heterocycles. The average molecular weight is 278 g/mol. The molecule has 114 valence electrons. The van der Waals surface area contributed by atoms with E-state index in [1.54, 1.807) is 28.2 Å². The molecule has 0 bridgehead atoms. The van der Waals surface area contributed by atoms with E-state index >= 15 is 0 Å². The molecule has 4 amide bonds. The molecule has 0 saturated heterocycles. The van der Waals surface area contributed by atoms with Crippen LogP contribution in [0.1, 0.15) is 20.8 Å². The van der Waals surface area contributed by atoms with Gasteiger partial charge in [0.1, 0.15) is 0 Å². The van der Waals surface area contributed by atoms with Gasteiger partial charge in [0.05, 0.1) is 0 Å². The minimum Gasteiger partial charge on any atom is -0.362 e. The third-order valence-electron chi connectivity index (χ3n) is 1.17. The molecular weight excluding hydrogens is 252 g/mol. The van der Waals surface area contributed by atoms with Crippen LogP contribution in [0.25, 0.3) is 0 Å². The summed E-state index contributed by atoms with van der Waals surface area (Å²) >= 11 is 0. The maximum atomic E-state index is 9.70. The zero-order valence-electron chi connectivity index (χ0n) is 12.7. The van der Waals surface area contributed by atoms with Crippen LogP contribution in [0.5, 0.6) is 0 Å². The summed E-state index contributed by atoms with van der Waals surface area (Å²) in [6.07, 6.45) is 0.625. The monoisotopic (exact) mass is 278 g/mol. The molecule has 0 heterocycles. The van der Waals surface area contributed by atoms with Crippen molar-refractivity contribution in [2.45, 2.75) is 20.8 Å². The van der Waals surface area contributed by atoms with Gasteiger partial charge in [-0.3, -0.25) is 19.2 Å². The summed E-state index contributed by atoms with van der Waals surface area (Å²) in [5, 5.41) is 9.42. The van der Waals surface area contributed by atoms with Gasteiger partial charge in [0.25, 0.3) is 0 Å². The molecular formula is C11H26N4O4. The average Bonchev–Trinajstić information content (AvgIpc) is 2.40. The molecule has 0 atom stereocenters. The zero-order chi connectivity index (χ0) is 16.3. The van der Waals surface area contributed by atoms with Crippen LogP contribution >= 0.6 is 0 Å². The summed E-state index contributed by atoms with van der Waals surface area (Å²) in [6, 6.07) is 0. The lowest BCUT2D eigenvalue weighted by atomic mass is 10.7. The molecule has 0 saturated carbocycles. The Morgan fingerprint density at radius 3 is 0.789 bits per heavy atom. The Labute approximate surface area is 114 Å². The Kier molecular flexibility index (Phi) is 33.6. The van der Waals surface area contributed by atoms with Crippen molar-refractivity contribution in [2.24, 2.45) is 0 Å². The van der Waals surface area contributed by atoms with Crippen LogP contribution in [0.2, 0.25) is 0 Å². The number of amides is 4. The highest BCUT2D eigenvalue weighted by molar-refractivity contribution is 5.72. The summed E-state index contributed by atoms with van der Waals surface area (Å²) in [5.41, 5.74) is 0. The molecule has 4 N–H and O–H groups in total. The Bertz CT molecular complexity index is 212. The quantitative estimate of drug-likeness (QED) is 0.442. The molecule has 8 heteroatoms. The highest BCUT2D eigenvalue weighted by Gasteiger charge is 1.73. The van der Waals surface area contributed by atoms with Crippen molar-refractivity contribution in [3.8, 4) is 0 Å². The van der Waals surface area contributed by atoms with Crippen molar-refractivity contribution < 1.29 is 19.2 Å². The molecule has 8 nitrogen and oxygen atoms in total.